The largest absolute Gasteiger partial charge is 1.00 e. The smallest absolute Gasteiger partial charge is 1.00 e. The van der Waals surface area contributed by atoms with Crippen LogP contribution in [0.4, 0.5) is 0 Å². The molecular formula is C6H11KO4. The van der Waals surface area contributed by atoms with E-state index in [4.69, 9.17) is 14.6 Å². The van der Waals surface area contributed by atoms with Gasteiger partial charge >= 0.3 is 57.4 Å². The van der Waals surface area contributed by atoms with E-state index in [-0.39, 0.29) is 59.4 Å². The Morgan fingerprint density at radius 3 is 2.45 bits per heavy atom. The van der Waals surface area contributed by atoms with E-state index in [0.717, 1.165) is 0 Å². The van der Waals surface area contributed by atoms with E-state index in [1.54, 1.807) is 13.8 Å². The van der Waals surface area contributed by atoms with Gasteiger partial charge in [-0.1, -0.05) is 0 Å². The summed E-state index contributed by atoms with van der Waals surface area (Å²) in [4.78, 5) is 10.3. The molecule has 0 spiro atoms. The van der Waals surface area contributed by atoms with Crippen molar-refractivity contribution in [2.75, 3.05) is 6.61 Å². The van der Waals surface area contributed by atoms with Gasteiger partial charge in [-0.3, -0.25) is 0 Å². The van der Waals surface area contributed by atoms with Gasteiger partial charge in [0.1, 0.15) is 0 Å². The Kier molecular flexibility index (Phi) is 4.72. The third kappa shape index (κ3) is 3.50. The Morgan fingerprint density at radius 1 is 1.73 bits per heavy atom. The van der Waals surface area contributed by atoms with Crippen molar-refractivity contribution >= 4 is 5.97 Å². The molecule has 1 unspecified atom stereocenters. The molecule has 1 fully saturated rings. The van der Waals surface area contributed by atoms with Gasteiger partial charge in [0, 0.05) is 0 Å². The molecule has 1 aliphatic heterocycles. The van der Waals surface area contributed by atoms with E-state index in [1.165, 1.54) is 0 Å². The Labute approximate surface area is 109 Å². The average molecular weight is 186 g/mol. The van der Waals surface area contributed by atoms with Gasteiger partial charge in [0.2, 0.25) is 0 Å². The number of hydrogen-bond donors (Lipinski definition) is 1. The Morgan fingerprint density at radius 2 is 2.27 bits per heavy atom. The zero-order valence-electron chi connectivity index (χ0n) is 7.96. The molecule has 0 aromatic carbocycles. The Balaban J connectivity index is 0. The van der Waals surface area contributed by atoms with Crippen LogP contribution < -0.4 is 51.4 Å². The van der Waals surface area contributed by atoms with Gasteiger partial charge in [-0.25, -0.2) is 4.79 Å². The molecule has 5 heteroatoms. The number of rotatable bonds is 1. The zero-order chi connectivity index (χ0) is 7.78. The molecule has 4 nitrogen and oxygen atoms in total. The minimum absolute atomic E-state index is 0. The van der Waals surface area contributed by atoms with Crippen molar-refractivity contribution in [2.24, 2.45) is 0 Å². The molecule has 0 aromatic heterocycles. The van der Waals surface area contributed by atoms with Crippen molar-refractivity contribution in [3.05, 3.63) is 0 Å². The van der Waals surface area contributed by atoms with Crippen LogP contribution in [0.2, 0.25) is 0 Å². The Bertz CT molecular complexity index is 162. The quantitative estimate of drug-likeness (QED) is 0.454. The minimum atomic E-state index is -0.967. The molecule has 0 aromatic rings. The third-order valence-corrected chi connectivity index (χ3v) is 1.28. The second kappa shape index (κ2) is 4.32. The summed E-state index contributed by atoms with van der Waals surface area (Å²) in [5, 5.41) is 8.44. The van der Waals surface area contributed by atoms with Gasteiger partial charge in [-0.2, -0.15) is 0 Å². The molecule has 60 valence electrons. The summed E-state index contributed by atoms with van der Waals surface area (Å²) in [5.74, 6) is -1.70. The fraction of sp³-hybridized carbons (Fsp3) is 0.833. The summed E-state index contributed by atoms with van der Waals surface area (Å²) in [6.07, 6.45) is -0.796. The molecule has 0 bridgehead atoms. The molecule has 1 heterocycles. The summed E-state index contributed by atoms with van der Waals surface area (Å²) >= 11 is 0. The van der Waals surface area contributed by atoms with Crippen LogP contribution in [0.5, 0.6) is 0 Å². The summed E-state index contributed by atoms with van der Waals surface area (Å²) in [6.45, 7) is 3.52. The van der Waals surface area contributed by atoms with Crippen LogP contribution in [-0.4, -0.2) is 29.6 Å². The maximum atomic E-state index is 10.3. The van der Waals surface area contributed by atoms with E-state index in [1.807, 2.05) is 0 Å². The van der Waals surface area contributed by atoms with Crippen LogP contribution in [0.1, 0.15) is 15.3 Å². The van der Waals surface area contributed by atoms with Crippen LogP contribution in [0.3, 0.4) is 0 Å². The van der Waals surface area contributed by atoms with Gasteiger partial charge in [0.15, 0.2) is 11.9 Å². The van der Waals surface area contributed by atoms with Crippen LogP contribution in [0.15, 0.2) is 0 Å². The van der Waals surface area contributed by atoms with E-state index in [0.29, 0.717) is 0 Å². The topological polar surface area (TPSA) is 55.8 Å². The molecule has 1 N–H and O–H groups in total. The normalized spacial score (nSPS) is 27.6. The van der Waals surface area contributed by atoms with Crippen LogP contribution >= 0.6 is 0 Å². The first-order valence-corrected chi connectivity index (χ1v) is 3.06. The molecular weight excluding hydrogens is 175 g/mol. The van der Waals surface area contributed by atoms with Crippen LogP contribution in [0.25, 0.3) is 0 Å². The van der Waals surface area contributed by atoms with Gasteiger partial charge in [0.05, 0.1) is 6.61 Å². The molecule has 0 saturated carbocycles. The SMILES string of the molecule is CC1(C)OCC(C(=O)O)O1.[H-].[K+]. The minimum Gasteiger partial charge on any atom is -1.00 e. The third-order valence-electron chi connectivity index (χ3n) is 1.28. The molecule has 11 heavy (non-hydrogen) atoms. The monoisotopic (exact) mass is 186 g/mol. The van der Waals surface area contributed by atoms with Crippen molar-refractivity contribution in [2.45, 2.75) is 25.7 Å². The van der Waals surface area contributed by atoms with Crippen LogP contribution in [-0.2, 0) is 14.3 Å². The maximum Gasteiger partial charge on any atom is 1.00 e. The second-order valence-electron chi connectivity index (χ2n) is 2.66. The number of hydrogen-bond acceptors (Lipinski definition) is 3. The number of aliphatic carboxylic acids is 1. The number of ether oxygens (including phenoxy) is 2. The molecule has 1 rings (SSSR count). The number of carboxylic acids is 1. The van der Waals surface area contributed by atoms with Crippen molar-refractivity contribution in [1.29, 1.82) is 0 Å². The van der Waals surface area contributed by atoms with Crippen molar-refractivity contribution in [3.8, 4) is 0 Å². The fourth-order valence-corrected chi connectivity index (χ4v) is 0.809. The molecule has 0 aliphatic carbocycles. The predicted molar refractivity (Wildman–Crippen MR) is 33.7 cm³/mol. The molecule has 1 atom stereocenters. The summed E-state index contributed by atoms with van der Waals surface area (Å²) < 4.78 is 10.00. The summed E-state index contributed by atoms with van der Waals surface area (Å²) in [6, 6.07) is 0. The standard InChI is InChI=1S/C6H10O4.K.H/c1-6(2)9-3-4(10-6)5(7)8;;/h4H,3H2,1-2H3,(H,7,8);;/q;+1;-1. The van der Waals surface area contributed by atoms with E-state index < -0.39 is 17.9 Å². The van der Waals surface area contributed by atoms with Crippen LogP contribution in [0, 0.1) is 0 Å². The molecule has 1 saturated heterocycles. The van der Waals surface area contributed by atoms with E-state index >= 15 is 0 Å². The summed E-state index contributed by atoms with van der Waals surface area (Å²) in [7, 11) is 0. The average Bonchev–Trinajstić information content (AvgIpc) is 2.10. The first-order chi connectivity index (χ1) is 4.51. The Hall–Kier alpha value is 1.03. The first kappa shape index (κ1) is 12.0. The van der Waals surface area contributed by atoms with Crippen molar-refractivity contribution in [3.63, 3.8) is 0 Å². The van der Waals surface area contributed by atoms with Crippen molar-refractivity contribution in [1.82, 2.24) is 0 Å². The molecule has 1 aliphatic rings. The second-order valence-corrected chi connectivity index (χ2v) is 2.66. The molecule has 0 radical (unpaired) electrons. The van der Waals surface area contributed by atoms with Gasteiger partial charge in [0.25, 0.3) is 0 Å². The van der Waals surface area contributed by atoms with Gasteiger partial charge in [-0.05, 0) is 13.8 Å². The first-order valence-electron chi connectivity index (χ1n) is 3.06. The van der Waals surface area contributed by atoms with Gasteiger partial charge in [-0.15, -0.1) is 0 Å². The number of carbonyl (C=O) groups is 1. The maximum absolute atomic E-state index is 10.3. The van der Waals surface area contributed by atoms with Crippen molar-refractivity contribution < 1.29 is 72.2 Å². The fourth-order valence-electron chi connectivity index (χ4n) is 0.809. The van der Waals surface area contributed by atoms with Gasteiger partial charge < -0.3 is 16.0 Å². The zero-order valence-corrected chi connectivity index (χ0v) is 10.1. The van der Waals surface area contributed by atoms with E-state index in [2.05, 4.69) is 0 Å². The number of carboxylic acid groups (broad SMARTS) is 1. The summed E-state index contributed by atoms with van der Waals surface area (Å²) in [5.41, 5.74) is 0. The molecule has 0 amide bonds. The van der Waals surface area contributed by atoms with E-state index in [9.17, 15) is 4.79 Å². The predicted octanol–water partition coefficient (Wildman–Crippen LogP) is -2.66.